The van der Waals surface area contributed by atoms with E-state index in [4.69, 9.17) is 5.73 Å². The van der Waals surface area contributed by atoms with Crippen molar-refractivity contribution in [1.82, 2.24) is 0 Å². The SMILES string of the molecule is CC(C)C(CN)CBr. The molecule has 0 aromatic carbocycles. The maximum atomic E-state index is 5.45. The van der Waals surface area contributed by atoms with Crippen LogP contribution in [0, 0.1) is 11.8 Å². The van der Waals surface area contributed by atoms with Crippen LogP contribution in [0.3, 0.4) is 0 Å². The van der Waals surface area contributed by atoms with E-state index in [1.807, 2.05) is 0 Å². The summed E-state index contributed by atoms with van der Waals surface area (Å²) in [6, 6.07) is 0. The van der Waals surface area contributed by atoms with Crippen LogP contribution in [0.1, 0.15) is 13.8 Å². The van der Waals surface area contributed by atoms with Gasteiger partial charge < -0.3 is 5.73 Å². The molecular weight excluding hydrogens is 166 g/mol. The number of hydrogen-bond donors (Lipinski definition) is 1. The lowest BCUT2D eigenvalue weighted by molar-refractivity contribution is 0.439. The molecule has 1 unspecified atom stereocenters. The van der Waals surface area contributed by atoms with E-state index < -0.39 is 0 Å². The Morgan fingerprint density at radius 2 is 2.00 bits per heavy atom. The molecule has 0 aliphatic carbocycles. The molecule has 50 valence electrons. The molecule has 2 heteroatoms. The summed E-state index contributed by atoms with van der Waals surface area (Å²) in [6.45, 7) is 5.18. The summed E-state index contributed by atoms with van der Waals surface area (Å²) in [4.78, 5) is 0. The zero-order valence-electron chi connectivity index (χ0n) is 5.52. The van der Waals surface area contributed by atoms with Crippen LogP contribution in [-0.2, 0) is 0 Å². The van der Waals surface area contributed by atoms with Gasteiger partial charge in [-0.05, 0) is 18.4 Å². The highest BCUT2D eigenvalue weighted by molar-refractivity contribution is 9.09. The van der Waals surface area contributed by atoms with Crippen molar-refractivity contribution in [1.29, 1.82) is 0 Å². The molecule has 0 aliphatic heterocycles. The van der Waals surface area contributed by atoms with Crippen molar-refractivity contribution >= 4 is 15.9 Å². The molecule has 1 nitrogen and oxygen atoms in total. The Kier molecular flexibility index (Phi) is 4.57. The van der Waals surface area contributed by atoms with Gasteiger partial charge in [0.1, 0.15) is 0 Å². The molecule has 0 heterocycles. The van der Waals surface area contributed by atoms with Gasteiger partial charge in [-0.3, -0.25) is 0 Å². The second kappa shape index (κ2) is 4.33. The Morgan fingerprint density at radius 3 is 2.00 bits per heavy atom. The molecule has 0 amide bonds. The maximum absolute atomic E-state index is 5.45. The smallest absolute Gasteiger partial charge is 0.00741 e. The first-order valence-electron chi connectivity index (χ1n) is 2.98. The Balaban J connectivity index is 3.35. The van der Waals surface area contributed by atoms with Gasteiger partial charge in [0.2, 0.25) is 0 Å². The van der Waals surface area contributed by atoms with Crippen molar-refractivity contribution in [3.8, 4) is 0 Å². The molecule has 0 radical (unpaired) electrons. The van der Waals surface area contributed by atoms with Crippen molar-refractivity contribution in [2.75, 3.05) is 11.9 Å². The number of rotatable bonds is 3. The second-order valence-electron chi connectivity index (χ2n) is 2.39. The molecule has 0 fully saturated rings. The van der Waals surface area contributed by atoms with E-state index in [2.05, 4.69) is 29.8 Å². The fourth-order valence-corrected chi connectivity index (χ4v) is 1.53. The second-order valence-corrected chi connectivity index (χ2v) is 3.04. The van der Waals surface area contributed by atoms with Crippen molar-refractivity contribution < 1.29 is 0 Å². The van der Waals surface area contributed by atoms with Crippen LogP contribution in [0.2, 0.25) is 0 Å². The van der Waals surface area contributed by atoms with Crippen LogP contribution in [-0.4, -0.2) is 11.9 Å². The molecule has 0 rings (SSSR count). The lowest BCUT2D eigenvalue weighted by atomic mass is 9.99. The quantitative estimate of drug-likeness (QED) is 0.656. The van der Waals surface area contributed by atoms with Crippen molar-refractivity contribution in [2.24, 2.45) is 17.6 Å². The Bertz CT molecular complexity index is 50.5. The molecule has 2 N–H and O–H groups in total. The van der Waals surface area contributed by atoms with E-state index in [1.165, 1.54) is 0 Å². The van der Waals surface area contributed by atoms with Gasteiger partial charge in [0.15, 0.2) is 0 Å². The van der Waals surface area contributed by atoms with Gasteiger partial charge >= 0.3 is 0 Å². The molecule has 0 aliphatic rings. The number of hydrogen-bond acceptors (Lipinski definition) is 1. The van der Waals surface area contributed by atoms with E-state index in [9.17, 15) is 0 Å². The van der Waals surface area contributed by atoms with Gasteiger partial charge in [-0.25, -0.2) is 0 Å². The summed E-state index contributed by atoms with van der Waals surface area (Å²) in [5.74, 6) is 1.36. The standard InChI is InChI=1S/C6H14BrN/c1-5(2)6(3-7)4-8/h5-6H,3-4,8H2,1-2H3. The Morgan fingerprint density at radius 1 is 1.50 bits per heavy atom. The highest BCUT2D eigenvalue weighted by Crippen LogP contribution is 2.10. The zero-order valence-corrected chi connectivity index (χ0v) is 7.11. The van der Waals surface area contributed by atoms with E-state index in [0.717, 1.165) is 11.9 Å². The molecule has 0 aromatic rings. The van der Waals surface area contributed by atoms with Gasteiger partial charge in [-0.15, -0.1) is 0 Å². The van der Waals surface area contributed by atoms with Crippen LogP contribution in [0.15, 0.2) is 0 Å². The van der Waals surface area contributed by atoms with Crippen LogP contribution in [0.25, 0.3) is 0 Å². The molecule has 0 saturated heterocycles. The molecular formula is C6H14BrN. The van der Waals surface area contributed by atoms with Gasteiger partial charge in [-0.1, -0.05) is 29.8 Å². The minimum absolute atomic E-state index is 0.648. The molecule has 0 aromatic heterocycles. The van der Waals surface area contributed by atoms with E-state index >= 15 is 0 Å². The first-order chi connectivity index (χ1) is 3.72. The predicted octanol–water partition coefficient (Wildman–Crippen LogP) is 1.61. The molecule has 1 atom stereocenters. The first-order valence-corrected chi connectivity index (χ1v) is 4.10. The molecule has 0 spiro atoms. The summed E-state index contributed by atoms with van der Waals surface area (Å²) < 4.78 is 0. The Hall–Kier alpha value is 0.440. The largest absolute Gasteiger partial charge is 0.330 e. The van der Waals surface area contributed by atoms with Gasteiger partial charge in [0.25, 0.3) is 0 Å². The zero-order chi connectivity index (χ0) is 6.57. The molecule has 8 heavy (non-hydrogen) atoms. The first kappa shape index (κ1) is 8.44. The maximum Gasteiger partial charge on any atom is 0.00741 e. The normalized spacial score (nSPS) is 14.6. The van der Waals surface area contributed by atoms with Crippen LogP contribution in [0.5, 0.6) is 0 Å². The monoisotopic (exact) mass is 179 g/mol. The van der Waals surface area contributed by atoms with Gasteiger partial charge in [-0.2, -0.15) is 0 Å². The van der Waals surface area contributed by atoms with E-state index in [-0.39, 0.29) is 0 Å². The van der Waals surface area contributed by atoms with Crippen molar-refractivity contribution in [3.05, 3.63) is 0 Å². The topological polar surface area (TPSA) is 26.0 Å². The number of halogens is 1. The average Bonchev–Trinajstić information content (AvgIpc) is 1.69. The third kappa shape index (κ3) is 2.68. The summed E-state index contributed by atoms with van der Waals surface area (Å²) >= 11 is 3.40. The van der Waals surface area contributed by atoms with E-state index in [1.54, 1.807) is 0 Å². The predicted molar refractivity (Wildman–Crippen MR) is 41.2 cm³/mol. The minimum Gasteiger partial charge on any atom is -0.330 e. The third-order valence-corrected chi connectivity index (χ3v) is 2.28. The average molecular weight is 180 g/mol. The van der Waals surface area contributed by atoms with E-state index in [0.29, 0.717) is 11.8 Å². The fourth-order valence-electron chi connectivity index (χ4n) is 0.513. The highest BCUT2D eigenvalue weighted by Gasteiger charge is 2.07. The fraction of sp³-hybridized carbons (Fsp3) is 1.00. The summed E-state index contributed by atoms with van der Waals surface area (Å²) in [5.41, 5.74) is 5.45. The van der Waals surface area contributed by atoms with Gasteiger partial charge in [0.05, 0.1) is 0 Å². The van der Waals surface area contributed by atoms with Gasteiger partial charge in [0, 0.05) is 5.33 Å². The Labute approximate surface area is 59.8 Å². The van der Waals surface area contributed by atoms with Crippen LogP contribution < -0.4 is 5.73 Å². The highest BCUT2D eigenvalue weighted by atomic mass is 79.9. The van der Waals surface area contributed by atoms with Crippen molar-refractivity contribution in [2.45, 2.75) is 13.8 Å². The van der Waals surface area contributed by atoms with Crippen molar-refractivity contribution in [3.63, 3.8) is 0 Å². The summed E-state index contributed by atoms with van der Waals surface area (Å²) in [5, 5.41) is 1.03. The lowest BCUT2D eigenvalue weighted by Gasteiger charge is -2.14. The minimum atomic E-state index is 0.648. The van der Waals surface area contributed by atoms with Crippen LogP contribution in [0.4, 0.5) is 0 Å². The lowest BCUT2D eigenvalue weighted by Crippen LogP contribution is -2.20. The van der Waals surface area contributed by atoms with Crippen LogP contribution >= 0.6 is 15.9 Å². The summed E-state index contributed by atoms with van der Waals surface area (Å²) in [6.07, 6.45) is 0. The molecule has 0 saturated carbocycles. The third-order valence-electron chi connectivity index (χ3n) is 1.44. The summed E-state index contributed by atoms with van der Waals surface area (Å²) in [7, 11) is 0. The number of alkyl halides is 1. The number of nitrogens with two attached hydrogens (primary N) is 1. The molecule has 0 bridgehead atoms.